The molecule has 1 saturated heterocycles. The van der Waals surface area contributed by atoms with Crippen molar-refractivity contribution < 1.29 is 5.11 Å². The molecule has 2 aliphatic rings. The van der Waals surface area contributed by atoms with Crippen LogP contribution in [0.25, 0.3) is 5.57 Å². The fraction of sp³-hybridized carbons (Fsp3) is 0.448. The first-order chi connectivity index (χ1) is 17.5. The van der Waals surface area contributed by atoms with Crippen molar-refractivity contribution in [3.8, 4) is 0 Å². The molecule has 1 unspecified atom stereocenters. The molecule has 0 spiro atoms. The van der Waals surface area contributed by atoms with Crippen molar-refractivity contribution in [2.75, 3.05) is 11.9 Å². The van der Waals surface area contributed by atoms with Crippen molar-refractivity contribution >= 4 is 11.4 Å². The fourth-order valence-corrected chi connectivity index (χ4v) is 6.20. The van der Waals surface area contributed by atoms with Gasteiger partial charge in [0.25, 0.3) is 0 Å². The zero-order valence-corrected chi connectivity index (χ0v) is 22.6. The molecule has 8 nitrogen and oxygen atoms in total. The molecule has 8 heteroatoms. The van der Waals surface area contributed by atoms with Gasteiger partial charge in [0.1, 0.15) is 11.6 Å². The van der Waals surface area contributed by atoms with Crippen LogP contribution in [0.4, 0.5) is 5.82 Å². The number of hydrogen-bond acceptors (Lipinski definition) is 7. The minimum Gasteiger partial charge on any atom is -0.508 e. The van der Waals surface area contributed by atoms with Gasteiger partial charge in [-0.1, -0.05) is 6.08 Å². The Morgan fingerprint density at radius 1 is 1.00 bits per heavy atom. The fourth-order valence-electron chi connectivity index (χ4n) is 6.20. The van der Waals surface area contributed by atoms with E-state index in [1.54, 1.807) is 18.6 Å². The van der Waals surface area contributed by atoms with Gasteiger partial charge in [0, 0.05) is 54.0 Å². The van der Waals surface area contributed by atoms with Gasteiger partial charge < -0.3 is 20.3 Å². The summed E-state index contributed by atoms with van der Waals surface area (Å²) >= 11 is 0. The van der Waals surface area contributed by atoms with E-state index in [9.17, 15) is 5.11 Å². The number of anilines is 1. The van der Waals surface area contributed by atoms with Crippen LogP contribution in [-0.4, -0.2) is 54.4 Å². The molecule has 37 heavy (non-hydrogen) atoms. The van der Waals surface area contributed by atoms with Gasteiger partial charge in [-0.15, -0.1) is 10.2 Å². The van der Waals surface area contributed by atoms with E-state index < -0.39 is 5.41 Å². The van der Waals surface area contributed by atoms with Crippen LogP contribution in [0.5, 0.6) is 0 Å². The first-order valence-corrected chi connectivity index (χ1v) is 12.9. The summed E-state index contributed by atoms with van der Waals surface area (Å²) in [5, 5.41) is 24.1. The Labute approximate surface area is 219 Å². The molecule has 0 aromatic carbocycles. The lowest BCUT2D eigenvalue weighted by Crippen LogP contribution is -2.62. The normalized spacial score (nSPS) is 23.3. The molecule has 5 rings (SSSR count). The second kappa shape index (κ2) is 9.10. The van der Waals surface area contributed by atoms with Gasteiger partial charge in [-0.25, -0.2) is 4.98 Å². The number of imidazole rings is 1. The Bertz CT molecular complexity index is 1310. The summed E-state index contributed by atoms with van der Waals surface area (Å²) in [4.78, 5) is 14.4. The van der Waals surface area contributed by atoms with Gasteiger partial charge in [0.05, 0.1) is 11.1 Å². The molecular formula is C29H37N7O. The first-order valence-electron chi connectivity index (χ1n) is 12.9. The Hall–Kier alpha value is -3.52. The minimum atomic E-state index is -0.618. The highest BCUT2D eigenvalue weighted by Crippen LogP contribution is 2.42. The maximum Gasteiger partial charge on any atom is 0.151 e. The lowest BCUT2D eigenvalue weighted by molar-refractivity contribution is 0.160. The summed E-state index contributed by atoms with van der Waals surface area (Å²) in [6, 6.07) is 8.32. The van der Waals surface area contributed by atoms with E-state index >= 15 is 0 Å². The summed E-state index contributed by atoms with van der Waals surface area (Å²) in [5.74, 6) is 1.77. The molecule has 4 heterocycles. The van der Waals surface area contributed by atoms with E-state index in [2.05, 4.69) is 70.1 Å². The second-order valence-corrected chi connectivity index (χ2v) is 11.8. The zero-order chi connectivity index (χ0) is 26.4. The minimum absolute atomic E-state index is 0.0470. The number of aliphatic hydroxyl groups excluding tert-OH is 1. The summed E-state index contributed by atoms with van der Waals surface area (Å²) in [7, 11) is 2.09. The van der Waals surface area contributed by atoms with Crippen LogP contribution in [0.3, 0.4) is 0 Å². The van der Waals surface area contributed by atoms with E-state index in [0.717, 1.165) is 35.7 Å². The molecule has 1 aliphatic carbocycles. The molecule has 3 aromatic heterocycles. The molecule has 1 aliphatic heterocycles. The third-order valence-electron chi connectivity index (χ3n) is 7.62. The quantitative estimate of drug-likeness (QED) is 0.460. The predicted molar refractivity (Wildman–Crippen MR) is 146 cm³/mol. The van der Waals surface area contributed by atoms with E-state index in [-0.39, 0.29) is 16.8 Å². The summed E-state index contributed by atoms with van der Waals surface area (Å²) < 4.78 is 0. The van der Waals surface area contributed by atoms with Crippen LogP contribution in [-0.2, 0) is 5.41 Å². The highest BCUT2D eigenvalue weighted by atomic mass is 16.3. The van der Waals surface area contributed by atoms with Crippen molar-refractivity contribution in [2.45, 2.75) is 76.4 Å². The highest BCUT2D eigenvalue weighted by Gasteiger charge is 2.40. The van der Waals surface area contributed by atoms with E-state index in [4.69, 9.17) is 0 Å². The maximum atomic E-state index is 11.2. The van der Waals surface area contributed by atoms with E-state index in [1.807, 2.05) is 43.3 Å². The molecule has 0 amide bonds. The van der Waals surface area contributed by atoms with Gasteiger partial charge >= 0.3 is 0 Å². The smallest absolute Gasteiger partial charge is 0.151 e. The molecule has 0 radical (unpaired) electrons. The Kier molecular flexibility index (Phi) is 6.18. The average Bonchev–Trinajstić information content (AvgIpc) is 3.37. The van der Waals surface area contributed by atoms with Crippen LogP contribution in [0.15, 0.2) is 60.8 Å². The average molecular weight is 500 g/mol. The SMILES string of the molecule is Cc1cc(C2(c3ncc[nH]3)C=C(O)C(c3ccc(N(C)C4CC(C)(C)NC(C)(C)C4)nn3)=CC2)ccn1. The number of hydrogen-bond donors (Lipinski definition) is 3. The van der Waals surface area contributed by atoms with Gasteiger partial charge in [-0.05, 0) is 89.8 Å². The Morgan fingerprint density at radius 3 is 2.35 bits per heavy atom. The Balaban J connectivity index is 1.41. The second-order valence-electron chi connectivity index (χ2n) is 11.8. The number of pyridine rings is 1. The molecular weight excluding hydrogens is 462 g/mol. The van der Waals surface area contributed by atoms with E-state index in [1.165, 1.54) is 0 Å². The summed E-state index contributed by atoms with van der Waals surface area (Å²) in [6.45, 7) is 11.0. The van der Waals surface area contributed by atoms with Crippen LogP contribution in [0, 0.1) is 6.92 Å². The molecule has 3 N–H and O–H groups in total. The number of allylic oxidation sites excluding steroid dienone is 3. The number of aromatic amines is 1. The molecule has 194 valence electrons. The van der Waals surface area contributed by atoms with Crippen LogP contribution < -0.4 is 10.2 Å². The number of piperidine rings is 1. The number of rotatable bonds is 5. The van der Waals surface area contributed by atoms with Crippen molar-refractivity contribution in [1.29, 1.82) is 0 Å². The number of aliphatic hydroxyl groups is 1. The Morgan fingerprint density at radius 2 is 1.76 bits per heavy atom. The number of nitrogens with one attached hydrogen (secondary N) is 2. The number of aryl methyl sites for hydroxylation is 1. The summed E-state index contributed by atoms with van der Waals surface area (Å²) in [5.41, 5.74) is 2.74. The van der Waals surface area contributed by atoms with Crippen LogP contribution >= 0.6 is 0 Å². The van der Waals surface area contributed by atoms with Gasteiger partial charge in [0.2, 0.25) is 0 Å². The van der Waals surface area contributed by atoms with E-state index in [0.29, 0.717) is 23.7 Å². The lowest BCUT2D eigenvalue weighted by atomic mass is 9.73. The monoisotopic (exact) mass is 499 g/mol. The molecule has 3 aromatic rings. The molecule has 1 atom stereocenters. The predicted octanol–water partition coefficient (Wildman–Crippen LogP) is 4.86. The number of nitrogens with zero attached hydrogens (tertiary/aromatic N) is 5. The van der Waals surface area contributed by atoms with Crippen LogP contribution in [0.2, 0.25) is 0 Å². The largest absolute Gasteiger partial charge is 0.508 e. The first kappa shape index (κ1) is 25.1. The van der Waals surface area contributed by atoms with Crippen LogP contribution in [0.1, 0.15) is 69.7 Å². The number of H-pyrrole nitrogens is 1. The van der Waals surface area contributed by atoms with Gasteiger partial charge in [-0.2, -0.15) is 0 Å². The molecule has 0 saturated carbocycles. The third-order valence-corrected chi connectivity index (χ3v) is 7.62. The highest BCUT2D eigenvalue weighted by molar-refractivity contribution is 5.77. The summed E-state index contributed by atoms with van der Waals surface area (Å²) in [6.07, 6.45) is 11.9. The topological polar surface area (TPSA) is 103 Å². The van der Waals surface area contributed by atoms with Crippen molar-refractivity contribution in [3.05, 3.63) is 83.5 Å². The molecule has 0 bridgehead atoms. The molecule has 1 fully saturated rings. The van der Waals surface area contributed by atoms with Crippen molar-refractivity contribution in [3.63, 3.8) is 0 Å². The van der Waals surface area contributed by atoms with Crippen molar-refractivity contribution in [1.82, 2.24) is 30.5 Å². The lowest BCUT2D eigenvalue weighted by Gasteiger charge is -2.49. The van der Waals surface area contributed by atoms with Gasteiger partial charge in [0.15, 0.2) is 5.82 Å². The number of aromatic nitrogens is 5. The zero-order valence-electron chi connectivity index (χ0n) is 22.6. The third kappa shape index (κ3) is 4.90. The van der Waals surface area contributed by atoms with Gasteiger partial charge in [-0.3, -0.25) is 4.98 Å². The maximum absolute atomic E-state index is 11.2. The van der Waals surface area contributed by atoms with Crippen molar-refractivity contribution in [2.24, 2.45) is 0 Å². The standard InChI is InChI=1S/C29H37N7O/c1-19-15-20(10-12-30-19)29(26-31-13-14-32-26)11-9-22(24(37)18-29)23-7-8-25(34-33-23)36(6)21-16-27(2,3)35-28(4,5)17-21/h7-10,12-15,18,21,35,37H,11,16-17H2,1-6H3,(H,31,32).